The number of nitrogens with one attached hydrogen (secondary N) is 3. The lowest BCUT2D eigenvalue weighted by atomic mass is 10.1. The van der Waals surface area contributed by atoms with Crippen LogP contribution in [0.2, 0.25) is 0 Å². The maximum absolute atomic E-state index is 13.1. The zero-order chi connectivity index (χ0) is 23.2. The van der Waals surface area contributed by atoms with Gasteiger partial charge in [-0.15, -0.1) is 0 Å². The second-order valence-corrected chi connectivity index (χ2v) is 9.11. The smallest absolute Gasteiger partial charge is 0.249 e. The van der Waals surface area contributed by atoms with Crippen LogP contribution in [0.4, 0.5) is 27.7 Å². The van der Waals surface area contributed by atoms with Crippen molar-refractivity contribution in [3.05, 3.63) is 47.3 Å². The fourth-order valence-corrected chi connectivity index (χ4v) is 4.76. The van der Waals surface area contributed by atoms with E-state index < -0.39 is 24.0 Å². The third-order valence-electron chi connectivity index (χ3n) is 6.67. The number of fused-ring (bicyclic) bond motifs is 1. The molecule has 0 bridgehead atoms. The van der Waals surface area contributed by atoms with E-state index in [1.165, 1.54) is 31.2 Å². The van der Waals surface area contributed by atoms with Crippen molar-refractivity contribution in [2.45, 2.75) is 56.6 Å². The largest absolute Gasteiger partial charge is 0.390 e. The summed E-state index contributed by atoms with van der Waals surface area (Å²) in [6, 6.07) is 3.75. The summed E-state index contributed by atoms with van der Waals surface area (Å²) in [6.45, 7) is 0.438. The van der Waals surface area contributed by atoms with Crippen molar-refractivity contribution < 1.29 is 14.3 Å². The van der Waals surface area contributed by atoms with Gasteiger partial charge in [0.1, 0.15) is 11.9 Å². The zero-order valence-electron chi connectivity index (χ0n) is 18.5. The number of halogens is 1. The van der Waals surface area contributed by atoms with Gasteiger partial charge >= 0.3 is 0 Å². The van der Waals surface area contributed by atoms with Crippen LogP contribution in [0.3, 0.4) is 0 Å². The van der Waals surface area contributed by atoms with Crippen LogP contribution in [0.15, 0.2) is 24.4 Å². The summed E-state index contributed by atoms with van der Waals surface area (Å²) < 4.78 is 13.1. The Balaban J connectivity index is 1.28. The lowest BCUT2D eigenvalue weighted by Crippen LogP contribution is -2.46. The second-order valence-electron chi connectivity index (χ2n) is 9.11. The topological polar surface area (TPSA) is 132 Å². The highest BCUT2D eigenvalue weighted by atomic mass is 19.1. The van der Waals surface area contributed by atoms with Gasteiger partial charge in [0.2, 0.25) is 17.8 Å². The van der Waals surface area contributed by atoms with Gasteiger partial charge in [0.25, 0.3) is 0 Å². The third-order valence-corrected chi connectivity index (χ3v) is 6.67. The fourth-order valence-electron chi connectivity index (χ4n) is 4.76. The zero-order valence-corrected chi connectivity index (χ0v) is 18.5. The quantitative estimate of drug-likeness (QED) is 0.409. The molecule has 1 aliphatic heterocycles. The number of aryl methyl sites for hydroxylation is 1. The Hall–Kier alpha value is -3.60. The molecule has 11 heteroatoms. The molecule has 34 heavy (non-hydrogen) atoms. The maximum Gasteiger partial charge on any atom is 0.249 e. The predicted octanol–water partition coefficient (Wildman–Crippen LogP) is 2.42. The van der Waals surface area contributed by atoms with Crippen molar-refractivity contribution in [2.75, 3.05) is 22.1 Å². The van der Waals surface area contributed by atoms with Gasteiger partial charge in [-0.1, -0.05) is 0 Å². The van der Waals surface area contributed by atoms with Crippen LogP contribution in [0.1, 0.15) is 48.6 Å². The van der Waals surface area contributed by atoms with Crippen LogP contribution >= 0.6 is 0 Å². The summed E-state index contributed by atoms with van der Waals surface area (Å²) in [4.78, 5) is 27.9. The van der Waals surface area contributed by atoms with E-state index in [2.05, 4.69) is 25.8 Å². The van der Waals surface area contributed by atoms with Crippen molar-refractivity contribution in [3.8, 4) is 0 Å². The van der Waals surface area contributed by atoms with Crippen LogP contribution in [-0.2, 0) is 17.6 Å². The van der Waals surface area contributed by atoms with Crippen LogP contribution in [0.25, 0.3) is 0 Å². The van der Waals surface area contributed by atoms with Crippen LogP contribution in [0, 0.1) is 5.95 Å². The van der Waals surface area contributed by atoms with Crippen LogP contribution in [0.5, 0.6) is 0 Å². The molecule has 1 saturated heterocycles. The monoisotopic (exact) mass is 464 g/mol. The van der Waals surface area contributed by atoms with Gasteiger partial charge in [0.05, 0.1) is 23.7 Å². The van der Waals surface area contributed by atoms with Gasteiger partial charge in [-0.3, -0.25) is 9.89 Å². The summed E-state index contributed by atoms with van der Waals surface area (Å²) in [6.07, 6.45) is 5.84. The van der Waals surface area contributed by atoms with Crippen LogP contribution < -0.4 is 15.5 Å². The number of anilines is 4. The van der Waals surface area contributed by atoms with Gasteiger partial charge in [0, 0.05) is 29.8 Å². The summed E-state index contributed by atoms with van der Waals surface area (Å²) in [7, 11) is 0. The number of pyridine rings is 1. The van der Waals surface area contributed by atoms with Gasteiger partial charge in [-0.25, -0.2) is 9.97 Å². The number of aliphatic hydroxyl groups is 1. The number of nitrogens with zero attached hydrogens (tertiary/aromatic N) is 5. The summed E-state index contributed by atoms with van der Waals surface area (Å²) in [5.41, 5.74) is 3.50. The molecule has 3 aromatic rings. The molecular formula is C23H25FN8O2. The lowest BCUT2D eigenvalue weighted by molar-refractivity contribution is -0.119. The molecule has 4 N–H and O–H groups in total. The summed E-state index contributed by atoms with van der Waals surface area (Å²) in [5, 5.41) is 24.2. The number of hydrogen-bond acceptors (Lipinski definition) is 8. The molecule has 3 aromatic heterocycles. The second kappa shape index (κ2) is 8.32. The van der Waals surface area contributed by atoms with E-state index in [-0.39, 0.29) is 0 Å². The summed E-state index contributed by atoms with van der Waals surface area (Å²) in [5.74, 6) is 1.31. The highest BCUT2D eigenvalue weighted by Gasteiger charge is 2.40. The molecular weight excluding hydrogens is 439 g/mol. The Morgan fingerprint density at radius 2 is 2.09 bits per heavy atom. The van der Waals surface area contributed by atoms with E-state index in [4.69, 9.17) is 9.97 Å². The van der Waals surface area contributed by atoms with Gasteiger partial charge in [0.15, 0.2) is 5.82 Å². The molecule has 1 amide bonds. The van der Waals surface area contributed by atoms with Gasteiger partial charge < -0.3 is 20.6 Å². The molecule has 0 unspecified atom stereocenters. The molecule has 10 nitrogen and oxygen atoms in total. The first-order valence-corrected chi connectivity index (χ1v) is 11.6. The van der Waals surface area contributed by atoms with Crippen molar-refractivity contribution in [1.82, 2.24) is 25.1 Å². The van der Waals surface area contributed by atoms with E-state index in [9.17, 15) is 14.3 Å². The molecule has 3 aliphatic rings. The Kier molecular flexibility index (Phi) is 5.13. The Morgan fingerprint density at radius 1 is 1.21 bits per heavy atom. The molecule has 2 fully saturated rings. The van der Waals surface area contributed by atoms with E-state index in [1.807, 2.05) is 6.07 Å². The molecule has 176 valence electrons. The number of hydrogen-bond donors (Lipinski definition) is 4. The highest BCUT2D eigenvalue weighted by molar-refractivity contribution is 5.97. The average Bonchev–Trinajstić information content (AvgIpc) is 3.19. The number of aromatic amines is 1. The number of carbonyl (C=O) groups excluding carboxylic acids is 1. The average molecular weight is 465 g/mol. The molecule has 2 aliphatic carbocycles. The molecule has 6 rings (SSSR count). The van der Waals surface area contributed by atoms with E-state index in [1.54, 1.807) is 4.90 Å². The first-order chi connectivity index (χ1) is 16.5. The summed E-state index contributed by atoms with van der Waals surface area (Å²) >= 11 is 0. The minimum absolute atomic E-state index is 0.354. The number of aromatic nitrogens is 5. The van der Waals surface area contributed by atoms with Crippen molar-refractivity contribution >= 4 is 29.2 Å². The number of carbonyl (C=O) groups is 1. The first-order valence-electron chi connectivity index (χ1n) is 11.6. The minimum atomic E-state index is -0.880. The molecule has 2 atom stereocenters. The minimum Gasteiger partial charge on any atom is -0.390 e. The SMILES string of the molecule is O=C(Nc1ccc(F)nc1)[C@H]1[C@@H](O)CCN1c1nc2c(c(Nc3cc(C4CC4)[nH]n3)n1)CCC2. The Bertz CT molecular complexity index is 1230. The molecule has 4 heterocycles. The van der Waals surface area contributed by atoms with E-state index >= 15 is 0 Å². The highest BCUT2D eigenvalue weighted by Crippen LogP contribution is 2.40. The van der Waals surface area contributed by atoms with Crippen molar-refractivity contribution in [3.63, 3.8) is 0 Å². The van der Waals surface area contributed by atoms with Crippen molar-refractivity contribution in [1.29, 1.82) is 0 Å². The number of H-pyrrole nitrogens is 1. The van der Waals surface area contributed by atoms with Gasteiger partial charge in [-0.2, -0.15) is 14.5 Å². The van der Waals surface area contributed by atoms with Crippen molar-refractivity contribution in [2.24, 2.45) is 0 Å². The molecule has 0 radical (unpaired) electrons. The molecule has 0 spiro atoms. The van der Waals surface area contributed by atoms with E-state index in [0.29, 0.717) is 42.2 Å². The molecule has 1 saturated carbocycles. The normalized spacial score (nSPS) is 21.5. The third kappa shape index (κ3) is 3.96. The predicted molar refractivity (Wildman–Crippen MR) is 122 cm³/mol. The number of aliphatic hydroxyl groups excluding tert-OH is 1. The fraction of sp³-hybridized carbons (Fsp3) is 0.435. The Labute approximate surface area is 195 Å². The number of amides is 1. The number of rotatable bonds is 6. The first kappa shape index (κ1) is 21.0. The Morgan fingerprint density at radius 3 is 2.88 bits per heavy atom. The van der Waals surface area contributed by atoms with Gasteiger partial charge in [-0.05, 0) is 50.7 Å². The van der Waals surface area contributed by atoms with E-state index in [0.717, 1.165) is 36.2 Å². The standard InChI is InChI=1S/C23H25FN8O2/c24-18-7-6-13(11-25-18)26-22(34)20-17(33)8-9-32(20)23-27-15-3-1-2-14(15)21(29-23)28-19-10-16(30-31-19)12-4-5-12/h6-7,10-12,17,20,33H,1-5,8-9H2,(H,26,34)(H2,27,28,29,30,31)/t17-,20+/m0/s1. The molecule has 0 aromatic carbocycles. The lowest BCUT2D eigenvalue weighted by Gasteiger charge is -2.26. The maximum atomic E-state index is 13.1. The van der Waals surface area contributed by atoms with Crippen LogP contribution in [-0.4, -0.2) is 54.9 Å².